The van der Waals surface area contributed by atoms with E-state index in [-0.39, 0.29) is 18.0 Å². The van der Waals surface area contributed by atoms with E-state index in [4.69, 9.17) is 14.2 Å². The molecule has 0 saturated carbocycles. The lowest BCUT2D eigenvalue weighted by molar-refractivity contribution is 0.0525. The number of rotatable bonds is 6. The van der Waals surface area contributed by atoms with E-state index in [0.29, 0.717) is 24.6 Å². The highest BCUT2D eigenvalue weighted by Crippen LogP contribution is 2.20. The fourth-order valence-electron chi connectivity index (χ4n) is 2.92. The number of nitrogens with zero attached hydrogens (tertiary/aromatic N) is 3. The third-order valence-corrected chi connectivity index (χ3v) is 4.16. The molecule has 3 rings (SSSR count). The van der Waals surface area contributed by atoms with Gasteiger partial charge in [-0.2, -0.15) is 4.98 Å². The quantitative estimate of drug-likeness (QED) is 0.791. The second-order valence-corrected chi connectivity index (χ2v) is 5.97. The van der Waals surface area contributed by atoms with Crippen molar-refractivity contribution in [3.63, 3.8) is 0 Å². The van der Waals surface area contributed by atoms with Crippen LogP contribution in [0.25, 0.3) is 0 Å². The Labute approximate surface area is 152 Å². The SMILES string of the molecule is CCOc1ccc(C(=O)N2CCCC(Oc3ccnc(OC)n3)C2)cc1. The Bertz CT molecular complexity index is 736. The number of likely N-dealkylation sites (tertiary alicyclic amines) is 1. The first-order chi connectivity index (χ1) is 12.7. The van der Waals surface area contributed by atoms with Gasteiger partial charge >= 0.3 is 6.01 Å². The molecule has 138 valence electrons. The lowest BCUT2D eigenvalue weighted by Gasteiger charge is -2.32. The molecule has 2 aromatic rings. The molecule has 1 aromatic heterocycles. The van der Waals surface area contributed by atoms with Crippen LogP contribution in [0.15, 0.2) is 36.5 Å². The number of carbonyl (C=O) groups is 1. The van der Waals surface area contributed by atoms with Crippen LogP contribution in [0.5, 0.6) is 17.6 Å². The minimum atomic E-state index is -0.102. The van der Waals surface area contributed by atoms with Crippen LogP contribution in [0.4, 0.5) is 0 Å². The number of piperidine rings is 1. The molecule has 1 aliphatic rings. The van der Waals surface area contributed by atoms with Crippen molar-refractivity contribution < 1.29 is 19.0 Å². The lowest BCUT2D eigenvalue weighted by atomic mass is 10.1. The van der Waals surface area contributed by atoms with E-state index >= 15 is 0 Å². The topological polar surface area (TPSA) is 73.8 Å². The molecule has 7 nitrogen and oxygen atoms in total. The van der Waals surface area contributed by atoms with E-state index in [2.05, 4.69) is 9.97 Å². The van der Waals surface area contributed by atoms with Crippen LogP contribution in [0.2, 0.25) is 0 Å². The number of hydrogen-bond donors (Lipinski definition) is 0. The van der Waals surface area contributed by atoms with Crippen molar-refractivity contribution in [2.24, 2.45) is 0 Å². The average molecular weight is 357 g/mol. The average Bonchev–Trinajstić information content (AvgIpc) is 2.69. The van der Waals surface area contributed by atoms with Crippen molar-refractivity contribution in [2.75, 3.05) is 26.8 Å². The van der Waals surface area contributed by atoms with Gasteiger partial charge in [0.25, 0.3) is 5.91 Å². The fourth-order valence-corrected chi connectivity index (χ4v) is 2.92. The maximum atomic E-state index is 12.8. The molecule has 0 N–H and O–H groups in total. The van der Waals surface area contributed by atoms with Crippen molar-refractivity contribution in [1.82, 2.24) is 14.9 Å². The maximum absolute atomic E-state index is 12.8. The highest BCUT2D eigenvalue weighted by Gasteiger charge is 2.26. The first kappa shape index (κ1) is 18.0. The molecule has 0 spiro atoms. The Balaban J connectivity index is 1.62. The van der Waals surface area contributed by atoms with E-state index in [1.807, 2.05) is 24.0 Å². The van der Waals surface area contributed by atoms with Crippen LogP contribution < -0.4 is 14.2 Å². The van der Waals surface area contributed by atoms with Crippen LogP contribution in [0.1, 0.15) is 30.1 Å². The van der Waals surface area contributed by atoms with Gasteiger partial charge < -0.3 is 19.1 Å². The summed E-state index contributed by atoms with van der Waals surface area (Å²) in [6, 6.07) is 9.19. The molecule has 1 saturated heterocycles. The van der Waals surface area contributed by atoms with Crippen molar-refractivity contribution in [2.45, 2.75) is 25.9 Å². The third-order valence-electron chi connectivity index (χ3n) is 4.16. The van der Waals surface area contributed by atoms with E-state index < -0.39 is 0 Å². The Kier molecular flexibility index (Phi) is 5.88. The zero-order chi connectivity index (χ0) is 18.4. The zero-order valence-electron chi connectivity index (χ0n) is 15.1. The molecule has 0 bridgehead atoms. The highest BCUT2D eigenvalue weighted by molar-refractivity contribution is 5.94. The number of ether oxygens (including phenoxy) is 3. The molecule has 1 aromatic carbocycles. The Morgan fingerprint density at radius 1 is 1.27 bits per heavy atom. The monoisotopic (exact) mass is 357 g/mol. The normalized spacial score (nSPS) is 16.8. The molecule has 0 aliphatic carbocycles. The van der Waals surface area contributed by atoms with Gasteiger partial charge in [-0.15, -0.1) is 0 Å². The van der Waals surface area contributed by atoms with Crippen LogP contribution in [0.3, 0.4) is 0 Å². The summed E-state index contributed by atoms with van der Waals surface area (Å²) in [5.74, 6) is 1.22. The smallest absolute Gasteiger partial charge is 0.319 e. The lowest BCUT2D eigenvalue weighted by Crippen LogP contribution is -2.44. The van der Waals surface area contributed by atoms with Gasteiger partial charge in [0.15, 0.2) is 0 Å². The Hall–Kier alpha value is -2.83. The number of methoxy groups -OCH3 is 1. The van der Waals surface area contributed by atoms with E-state index in [9.17, 15) is 4.79 Å². The summed E-state index contributed by atoms with van der Waals surface area (Å²) < 4.78 is 16.4. The van der Waals surface area contributed by atoms with Crippen LogP contribution in [-0.2, 0) is 0 Å². The number of aromatic nitrogens is 2. The summed E-state index contributed by atoms with van der Waals surface area (Å²) >= 11 is 0. The molecule has 0 radical (unpaired) electrons. The van der Waals surface area contributed by atoms with Gasteiger partial charge in [0.2, 0.25) is 5.88 Å². The second-order valence-electron chi connectivity index (χ2n) is 5.97. The molecule has 2 heterocycles. The summed E-state index contributed by atoms with van der Waals surface area (Å²) in [7, 11) is 1.51. The first-order valence-corrected chi connectivity index (χ1v) is 8.75. The van der Waals surface area contributed by atoms with Gasteiger partial charge in [0, 0.05) is 24.4 Å². The molecule has 1 atom stereocenters. The maximum Gasteiger partial charge on any atom is 0.319 e. The standard InChI is InChI=1S/C19H23N3O4/c1-3-25-15-8-6-14(7-9-15)18(23)22-12-4-5-16(13-22)26-17-10-11-20-19(21-17)24-2/h6-11,16H,3-5,12-13H2,1-2H3. The van der Waals surface area contributed by atoms with Crippen molar-refractivity contribution in [3.8, 4) is 17.6 Å². The summed E-state index contributed by atoms with van der Waals surface area (Å²) in [5.41, 5.74) is 0.651. The fraction of sp³-hybridized carbons (Fsp3) is 0.421. The predicted octanol–water partition coefficient (Wildman–Crippen LogP) is 2.57. The van der Waals surface area contributed by atoms with Crippen molar-refractivity contribution in [1.29, 1.82) is 0 Å². The molecule has 1 fully saturated rings. The molecular weight excluding hydrogens is 334 g/mol. The van der Waals surface area contributed by atoms with E-state index in [1.165, 1.54) is 7.11 Å². The van der Waals surface area contributed by atoms with Crippen molar-refractivity contribution in [3.05, 3.63) is 42.1 Å². The summed E-state index contributed by atoms with van der Waals surface area (Å²) in [5, 5.41) is 0. The molecular formula is C19H23N3O4. The predicted molar refractivity (Wildman–Crippen MR) is 95.7 cm³/mol. The van der Waals surface area contributed by atoms with E-state index in [1.54, 1.807) is 24.4 Å². The Morgan fingerprint density at radius 3 is 2.81 bits per heavy atom. The van der Waals surface area contributed by atoms with Gasteiger partial charge in [-0.05, 0) is 44.0 Å². The third kappa shape index (κ3) is 4.41. The highest BCUT2D eigenvalue weighted by atomic mass is 16.5. The first-order valence-electron chi connectivity index (χ1n) is 8.75. The minimum Gasteiger partial charge on any atom is -0.494 e. The van der Waals surface area contributed by atoms with Gasteiger partial charge in [0.1, 0.15) is 11.9 Å². The largest absolute Gasteiger partial charge is 0.494 e. The molecule has 7 heteroatoms. The van der Waals surface area contributed by atoms with Gasteiger partial charge in [-0.25, -0.2) is 4.98 Å². The Morgan fingerprint density at radius 2 is 2.08 bits per heavy atom. The summed E-state index contributed by atoms with van der Waals surface area (Å²) in [6.45, 7) is 3.78. The number of hydrogen-bond acceptors (Lipinski definition) is 6. The van der Waals surface area contributed by atoms with Gasteiger partial charge in [0.05, 0.1) is 20.3 Å². The molecule has 1 unspecified atom stereocenters. The second kappa shape index (κ2) is 8.51. The molecule has 1 amide bonds. The summed E-state index contributed by atoms with van der Waals surface area (Å²) in [4.78, 5) is 22.7. The minimum absolute atomic E-state index is 0.00150. The summed E-state index contributed by atoms with van der Waals surface area (Å²) in [6.07, 6.45) is 3.25. The van der Waals surface area contributed by atoms with Crippen LogP contribution in [0, 0.1) is 0 Å². The van der Waals surface area contributed by atoms with E-state index in [0.717, 1.165) is 25.1 Å². The van der Waals surface area contributed by atoms with Gasteiger partial charge in [-0.3, -0.25) is 4.79 Å². The van der Waals surface area contributed by atoms with Crippen molar-refractivity contribution >= 4 is 5.91 Å². The molecule has 1 aliphatic heterocycles. The van der Waals surface area contributed by atoms with Crippen LogP contribution >= 0.6 is 0 Å². The number of amides is 1. The number of carbonyl (C=O) groups excluding carboxylic acids is 1. The van der Waals surface area contributed by atoms with Crippen LogP contribution in [-0.4, -0.2) is 53.7 Å². The molecule has 26 heavy (non-hydrogen) atoms. The number of benzene rings is 1. The zero-order valence-corrected chi connectivity index (χ0v) is 15.1. The van der Waals surface area contributed by atoms with Gasteiger partial charge in [-0.1, -0.05) is 0 Å².